The molecule has 0 bridgehead atoms. The molecule has 0 fully saturated rings. The highest BCUT2D eigenvalue weighted by Gasteiger charge is 2.30. The third-order valence-electron chi connectivity index (χ3n) is 6.35. The van der Waals surface area contributed by atoms with E-state index in [2.05, 4.69) is 36.3 Å². The fourth-order valence-corrected chi connectivity index (χ4v) is 4.56. The predicted molar refractivity (Wildman–Crippen MR) is 142 cm³/mol. The summed E-state index contributed by atoms with van der Waals surface area (Å²) in [4.78, 5) is 22.5. The van der Waals surface area contributed by atoms with Crippen LogP contribution < -0.4 is 16.2 Å². The third kappa shape index (κ3) is 5.73. The van der Waals surface area contributed by atoms with Gasteiger partial charge in [0.2, 0.25) is 0 Å². The lowest BCUT2D eigenvalue weighted by atomic mass is 10.0. The Morgan fingerprint density at radius 3 is 2.53 bits per heavy atom. The van der Waals surface area contributed by atoms with E-state index in [1.165, 1.54) is 12.1 Å². The summed E-state index contributed by atoms with van der Waals surface area (Å²) in [5.41, 5.74) is 14.2. The average Bonchev–Trinajstić information content (AvgIpc) is 3.28. The second-order valence-corrected chi connectivity index (χ2v) is 9.67. The lowest BCUT2D eigenvalue weighted by molar-refractivity contribution is 0.0784. The van der Waals surface area contributed by atoms with Crippen molar-refractivity contribution in [2.24, 2.45) is 5.73 Å². The predicted octanol–water partition coefficient (Wildman–Crippen LogP) is 3.78. The SMILES string of the molecule is CC(C)N1NCc2c(C(=O)N(C)Cc3cccc(F)c3)cc(-c3cccc(CN(C)CCN)c3)nc21. The van der Waals surface area contributed by atoms with Crippen molar-refractivity contribution in [2.75, 3.05) is 32.2 Å². The Bertz CT molecular complexity index is 1230. The summed E-state index contributed by atoms with van der Waals surface area (Å²) >= 11 is 0. The molecule has 36 heavy (non-hydrogen) atoms. The van der Waals surface area contributed by atoms with Gasteiger partial charge in [0.05, 0.1) is 5.69 Å². The molecule has 0 atom stereocenters. The zero-order chi connectivity index (χ0) is 25.8. The van der Waals surface area contributed by atoms with Gasteiger partial charge in [0.15, 0.2) is 0 Å². The van der Waals surface area contributed by atoms with Gasteiger partial charge in [-0.05, 0) is 56.3 Å². The summed E-state index contributed by atoms with van der Waals surface area (Å²) in [5, 5.41) is 2.01. The molecule has 2 heterocycles. The number of carbonyl (C=O) groups is 1. The van der Waals surface area contributed by atoms with Crippen LogP contribution in [0.25, 0.3) is 11.3 Å². The van der Waals surface area contributed by atoms with E-state index < -0.39 is 0 Å². The van der Waals surface area contributed by atoms with E-state index in [1.807, 2.05) is 36.3 Å². The van der Waals surface area contributed by atoms with E-state index in [4.69, 9.17) is 10.7 Å². The molecule has 7 nitrogen and oxygen atoms in total. The van der Waals surface area contributed by atoms with E-state index >= 15 is 0 Å². The van der Waals surface area contributed by atoms with Crippen LogP contribution in [0.3, 0.4) is 0 Å². The first-order valence-corrected chi connectivity index (χ1v) is 12.3. The van der Waals surface area contributed by atoms with Gasteiger partial charge < -0.3 is 15.5 Å². The Labute approximate surface area is 212 Å². The summed E-state index contributed by atoms with van der Waals surface area (Å²) in [5.74, 6) is 0.343. The zero-order valence-corrected chi connectivity index (χ0v) is 21.5. The number of rotatable bonds is 9. The smallest absolute Gasteiger partial charge is 0.254 e. The summed E-state index contributed by atoms with van der Waals surface area (Å²) < 4.78 is 13.7. The first-order valence-electron chi connectivity index (χ1n) is 12.3. The highest BCUT2D eigenvalue weighted by atomic mass is 19.1. The third-order valence-corrected chi connectivity index (χ3v) is 6.35. The van der Waals surface area contributed by atoms with Crippen LogP contribution in [0.2, 0.25) is 0 Å². The number of pyridine rings is 1. The van der Waals surface area contributed by atoms with Crippen molar-refractivity contribution in [2.45, 2.75) is 39.5 Å². The fraction of sp³-hybridized carbons (Fsp3) is 0.357. The number of hydrazine groups is 1. The summed E-state index contributed by atoms with van der Waals surface area (Å²) in [6.07, 6.45) is 0. The standard InChI is InChI=1S/C28H35FN6O/c1-19(2)35-27-25(16-31-35)24(28(36)34(4)18-21-8-6-10-23(29)14-21)15-26(32-27)22-9-5-7-20(13-22)17-33(3)12-11-30/h5-10,13-15,19,31H,11-12,16-18,30H2,1-4H3. The monoisotopic (exact) mass is 490 g/mol. The van der Waals surface area contributed by atoms with Gasteiger partial charge >= 0.3 is 0 Å². The van der Waals surface area contributed by atoms with Crippen molar-refractivity contribution < 1.29 is 9.18 Å². The van der Waals surface area contributed by atoms with Gasteiger partial charge in [-0.1, -0.05) is 30.3 Å². The van der Waals surface area contributed by atoms with E-state index in [-0.39, 0.29) is 17.8 Å². The highest BCUT2D eigenvalue weighted by molar-refractivity contribution is 5.98. The highest BCUT2D eigenvalue weighted by Crippen LogP contribution is 2.33. The molecule has 0 radical (unpaired) electrons. The maximum absolute atomic E-state index is 13.7. The number of hydrogen-bond donors (Lipinski definition) is 2. The van der Waals surface area contributed by atoms with Gasteiger partial charge in [-0.3, -0.25) is 9.80 Å². The molecule has 0 aliphatic carbocycles. The largest absolute Gasteiger partial charge is 0.337 e. The number of amides is 1. The minimum atomic E-state index is -0.311. The van der Waals surface area contributed by atoms with Crippen molar-refractivity contribution in [1.29, 1.82) is 0 Å². The topological polar surface area (TPSA) is 77.7 Å². The molecule has 3 N–H and O–H groups in total. The Hall–Kier alpha value is -3.33. The van der Waals surface area contributed by atoms with E-state index in [1.54, 1.807) is 18.0 Å². The van der Waals surface area contributed by atoms with Crippen molar-refractivity contribution in [3.05, 3.63) is 82.7 Å². The number of nitrogens with one attached hydrogen (secondary N) is 1. The maximum Gasteiger partial charge on any atom is 0.254 e. The van der Waals surface area contributed by atoms with Gasteiger partial charge in [0.1, 0.15) is 11.6 Å². The Morgan fingerprint density at radius 1 is 1.11 bits per heavy atom. The van der Waals surface area contributed by atoms with Crippen LogP contribution >= 0.6 is 0 Å². The number of benzene rings is 2. The first kappa shape index (κ1) is 25.8. The quantitative estimate of drug-likeness (QED) is 0.475. The second kappa shape index (κ2) is 11.2. The molecular weight excluding hydrogens is 455 g/mol. The summed E-state index contributed by atoms with van der Waals surface area (Å²) in [7, 11) is 3.79. The number of anilines is 1. The summed E-state index contributed by atoms with van der Waals surface area (Å²) in [6, 6.07) is 16.6. The first-order chi connectivity index (χ1) is 17.3. The normalized spacial score (nSPS) is 12.9. The summed E-state index contributed by atoms with van der Waals surface area (Å²) in [6.45, 7) is 7.20. The van der Waals surface area contributed by atoms with Gasteiger partial charge in [0.25, 0.3) is 5.91 Å². The number of hydrogen-bond acceptors (Lipinski definition) is 6. The minimum absolute atomic E-state index is 0.120. The second-order valence-electron chi connectivity index (χ2n) is 9.67. The molecule has 8 heteroatoms. The lowest BCUT2D eigenvalue weighted by Gasteiger charge is -2.24. The molecule has 0 unspecified atom stereocenters. The molecule has 1 aliphatic heterocycles. The zero-order valence-electron chi connectivity index (χ0n) is 21.5. The Morgan fingerprint density at radius 2 is 1.83 bits per heavy atom. The molecule has 190 valence electrons. The molecule has 1 aromatic heterocycles. The van der Waals surface area contributed by atoms with Crippen LogP contribution in [0.1, 0.15) is 40.9 Å². The van der Waals surface area contributed by atoms with Crippen molar-refractivity contribution in [3.8, 4) is 11.3 Å². The number of fused-ring (bicyclic) bond motifs is 1. The molecule has 0 spiro atoms. The van der Waals surface area contributed by atoms with Gasteiger partial charge in [-0.2, -0.15) is 0 Å². The van der Waals surface area contributed by atoms with Gasteiger partial charge in [-0.15, -0.1) is 0 Å². The van der Waals surface area contributed by atoms with Crippen molar-refractivity contribution >= 4 is 11.7 Å². The van der Waals surface area contributed by atoms with Gasteiger partial charge in [0, 0.05) is 62.5 Å². The molecule has 1 amide bonds. The van der Waals surface area contributed by atoms with E-state index in [9.17, 15) is 9.18 Å². The number of nitrogens with two attached hydrogens (primary N) is 1. The average molecular weight is 491 g/mol. The van der Waals surface area contributed by atoms with Crippen molar-refractivity contribution in [1.82, 2.24) is 20.2 Å². The molecule has 4 rings (SSSR count). The number of carbonyl (C=O) groups excluding carboxylic acids is 1. The number of likely N-dealkylation sites (N-methyl/N-ethyl adjacent to an activating group) is 1. The number of aromatic nitrogens is 1. The molecule has 2 aromatic carbocycles. The Balaban J connectivity index is 1.71. The number of nitrogens with zero attached hydrogens (tertiary/aromatic N) is 4. The van der Waals surface area contributed by atoms with Crippen molar-refractivity contribution in [3.63, 3.8) is 0 Å². The van der Waals surface area contributed by atoms with E-state index in [0.29, 0.717) is 25.2 Å². The number of halogens is 1. The minimum Gasteiger partial charge on any atom is -0.337 e. The lowest BCUT2D eigenvalue weighted by Crippen LogP contribution is -2.38. The molecule has 3 aromatic rings. The molecule has 1 aliphatic rings. The maximum atomic E-state index is 13.7. The van der Waals surface area contributed by atoms with Crippen LogP contribution in [0.5, 0.6) is 0 Å². The van der Waals surface area contributed by atoms with Crippen LogP contribution in [-0.2, 0) is 19.6 Å². The van der Waals surface area contributed by atoms with Crippen LogP contribution in [0, 0.1) is 5.82 Å². The van der Waals surface area contributed by atoms with Crippen LogP contribution in [0.15, 0.2) is 54.6 Å². The molecule has 0 saturated heterocycles. The molecule has 0 saturated carbocycles. The molecular formula is C28H35FN6O. The Kier molecular flexibility index (Phi) is 7.98. The van der Waals surface area contributed by atoms with Crippen LogP contribution in [-0.4, -0.2) is 53.9 Å². The fourth-order valence-electron chi connectivity index (χ4n) is 4.56. The van der Waals surface area contributed by atoms with Gasteiger partial charge in [-0.25, -0.2) is 14.8 Å². The van der Waals surface area contributed by atoms with Crippen LogP contribution in [0.4, 0.5) is 10.2 Å². The van der Waals surface area contributed by atoms with E-state index in [0.717, 1.165) is 46.9 Å².